The molecule has 0 bridgehead atoms. The van der Waals surface area contributed by atoms with Crippen LogP contribution in [-0.2, 0) is 0 Å². The summed E-state index contributed by atoms with van der Waals surface area (Å²) in [5.41, 5.74) is 1.46. The van der Waals surface area contributed by atoms with Gasteiger partial charge in [0, 0.05) is 0 Å². The molecule has 0 aliphatic carbocycles. The predicted octanol–water partition coefficient (Wildman–Crippen LogP) is 2.69. The summed E-state index contributed by atoms with van der Waals surface area (Å²) in [6, 6.07) is 7.28. The number of fused-ring (bicyclic) bond motifs is 1. The number of aryl methyl sites for hydroxylation is 1. The van der Waals surface area contributed by atoms with Gasteiger partial charge in [-0.3, -0.25) is 14.7 Å². The van der Waals surface area contributed by atoms with Crippen molar-refractivity contribution in [2.75, 3.05) is 0 Å². The van der Waals surface area contributed by atoms with Crippen molar-refractivity contribution in [3.63, 3.8) is 0 Å². The third kappa shape index (κ3) is 1.88. The second kappa shape index (κ2) is 4.53. The minimum atomic E-state index is -0.518. The predicted molar refractivity (Wildman–Crippen MR) is 73.1 cm³/mol. The molecule has 0 spiro atoms. The Morgan fingerprint density at radius 2 is 2.05 bits per heavy atom. The molecular weight excluding hydrogens is 282 g/mol. The van der Waals surface area contributed by atoms with E-state index < -0.39 is 4.92 Å². The molecule has 7 nitrogen and oxygen atoms in total. The van der Waals surface area contributed by atoms with Gasteiger partial charge in [0.25, 0.3) is 0 Å². The zero-order chi connectivity index (χ0) is 14.3. The first-order valence-electron chi connectivity index (χ1n) is 5.69. The first-order chi connectivity index (χ1) is 9.58. The quantitative estimate of drug-likeness (QED) is 0.411. The number of hydrogen-bond donors (Lipinski definition) is 0. The maximum atomic E-state index is 11.2. The highest BCUT2D eigenvalue weighted by atomic mass is 35.5. The standard InChI is InChI=1S/C12H8ClN5O2/c1-7-10(18(19)20)11(16-12(13)15-7)17-6-14-8-4-2-3-5-9(8)17/h2-6H,1H3. The maximum Gasteiger partial charge on any atom is 0.333 e. The summed E-state index contributed by atoms with van der Waals surface area (Å²) in [4.78, 5) is 22.7. The molecule has 0 N–H and O–H groups in total. The minimum Gasteiger partial charge on any atom is -0.277 e. The van der Waals surface area contributed by atoms with E-state index in [-0.39, 0.29) is 22.5 Å². The third-order valence-corrected chi connectivity index (χ3v) is 3.05. The fourth-order valence-electron chi connectivity index (χ4n) is 2.03. The fraction of sp³-hybridized carbons (Fsp3) is 0.0833. The number of nitro groups is 1. The molecule has 100 valence electrons. The second-order valence-electron chi connectivity index (χ2n) is 4.11. The van der Waals surface area contributed by atoms with Crippen LogP contribution in [-0.4, -0.2) is 24.4 Å². The van der Waals surface area contributed by atoms with Crippen LogP contribution in [0.3, 0.4) is 0 Å². The van der Waals surface area contributed by atoms with Gasteiger partial charge in [0.1, 0.15) is 12.0 Å². The number of hydrogen-bond acceptors (Lipinski definition) is 5. The number of aromatic nitrogens is 4. The molecule has 0 amide bonds. The summed E-state index contributed by atoms with van der Waals surface area (Å²) in [6.07, 6.45) is 1.48. The zero-order valence-electron chi connectivity index (χ0n) is 10.3. The molecule has 3 rings (SSSR count). The third-order valence-electron chi connectivity index (χ3n) is 2.88. The summed E-state index contributed by atoms with van der Waals surface area (Å²) in [7, 11) is 0. The smallest absolute Gasteiger partial charge is 0.277 e. The van der Waals surface area contributed by atoms with E-state index in [2.05, 4.69) is 15.0 Å². The lowest BCUT2D eigenvalue weighted by Crippen LogP contribution is -2.06. The molecule has 8 heteroatoms. The SMILES string of the molecule is Cc1nc(Cl)nc(-n2cnc3ccccc32)c1[N+](=O)[O-]. The number of imidazole rings is 1. The van der Waals surface area contributed by atoms with Crippen LogP contribution in [0.2, 0.25) is 5.28 Å². The van der Waals surface area contributed by atoms with E-state index >= 15 is 0 Å². The number of halogens is 1. The first kappa shape index (κ1) is 12.5. The number of nitrogens with zero attached hydrogens (tertiary/aromatic N) is 5. The molecule has 0 unspecified atom stereocenters. The summed E-state index contributed by atoms with van der Waals surface area (Å²) < 4.78 is 1.54. The van der Waals surface area contributed by atoms with E-state index in [1.807, 2.05) is 18.2 Å². The van der Waals surface area contributed by atoms with E-state index in [0.717, 1.165) is 0 Å². The van der Waals surface area contributed by atoms with Crippen molar-refractivity contribution in [1.82, 2.24) is 19.5 Å². The van der Waals surface area contributed by atoms with E-state index in [4.69, 9.17) is 11.6 Å². The van der Waals surface area contributed by atoms with Gasteiger partial charge in [-0.2, -0.15) is 4.98 Å². The average Bonchev–Trinajstić information content (AvgIpc) is 2.80. The van der Waals surface area contributed by atoms with Crippen molar-refractivity contribution in [1.29, 1.82) is 0 Å². The van der Waals surface area contributed by atoms with Crippen LogP contribution in [0.5, 0.6) is 0 Å². The zero-order valence-corrected chi connectivity index (χ0v) is 11.1. The van der Waals surface area contributed by atoms with Gasteiger partial charge in [-0.25, -0.2) is 9.97 Å². The van der Waals surface area contributed by atoms with Gasteiger partial charge >= 0.3 is 5.69 Å². The Morgan fingerprint density at radius 1 is 1.30 bits per heavy atom. The van der Waals surface area contributed by atoms with Crippen molar-refractivity contribution in [3.05, 3.63) is 51.7 Å². The second-order valence-corrected chi connectivity index (χ2v) is 4.45. The molecule has 0 aliphatic heterocycles. The Morgan fingerprint density at radius 3 is 2.80 bits per heavy atom. The Balaban J connectivity index is 2.37. The molecule has 2 aromatic heterocycles. The average molecular weight is 290 g/mol. The monoisotopic (exact) mass is 289 g/mol. The highest BCUT2D eigenvalue weighted by molar-refractivity contribution is 6.28. The van der Waals surface area contributed by atoms with Crippen molar-refractivity contribution < 1.29 is 4.92 Å². The maximum absolute atomic E-state index is 11.2. The normalized spacial score (nSPS) is 10.9. The van der Waals surface area contributed by atoms with Crippen molar-refractivity contribution >= 4 is 28.3 Å². The molecule has 20 heavy (non-hydrogen) atoms. The first-order valence-corrected chi connectivity index (χ1v) is 6.06. The van der Waals surface area contributed by atoms with E-state index in [0.29, 0.717) is 11.0 Å². The highest BCUT2D eigenvalue weighted by Crippen LogP contribution is 2.27. The van der Waals surface area contributed by atoms with Gasteiger partial charge in [-0.15, -0.1) is 0 Å². The topological polar surface area (TPSA) is 86.7 Å². The van der Waals surface area contributed by atoms with Crippen LogP contribution >= 0.6 is 11.6 Å². The lowest BCUT2D eigenvalue weighted by atomic mass is 10.3. The lowest BCUT2D eigenvalue weighted by molar-refractivity contribution is -0.385. The molecule has 0 aliphatic rings. The number of rotatable bonds is 2. The molecule has 1 aromatic carbocycles. The molecule has 0 fully saturated rings. The van der Waals surface area contributed by atoms with Gasteiger partial charge in [0.2, 0.25) is 11.1 Å². The highest BCUT2D eigenvalue weighted by Gasteiger charge is 2.24. The van der Waals surface area contributed by atoms with Gasteiger partial charge in [-0.1, -0.05) is 12.1 Å². The van der Waals surface area contributed by atoms with Crippen molar-refractivity contribution in [3.8, 4) is 5.82 Å². The Hall–Kier alpha value is -2.54. The summed E-state index contributed by atoms with van der Waals surface area (Å²) >= 11 is 5.82. The van der Waals surface area contributed by atoms with Crippen molar-refractivity contribution in [2.24, 2.45) is 0 Å². The Bertz CT molecular complexity index is 830. The van der Waals surface area contributed by atoms with Gasteiger partial charge < -0.3 is 0 Å². The largest absolute Gasteiger partial charge is 0.333 e. The molecule has 2 heterocycles. The van der Waals surface area contributed by atoms with E-state index in [9.17, 15) is 10.1 Å². The summed E-state index contributed by atoms with van der Waals surface area (Å²) in [5, 5.41) is 11.2. The van der Waals surface area contributed by atoms with Gasteiger partial charge in [-0.05, 0) is 30.7 Å². The van der Waals surface area contributed by atoms with Crippen LogP contribution in [0, 0.1) is 17.0 Å². The van der Waals surface area contributed by atoms with Crippen LogP contribution in [0.1, 0.15) is 5.69 Å². The Kier molecular flexibility index (Phi) is 2.83. The van der Waals surface area contributed by atoms with Gasteiger partial charge in [0.05, 0.1) is 16.0 Å². The van der Waals surface area contributed by atoms with Crippen LogP contribution in [0.15, 0.2) is 30.6 Å². The van der Waals surface area contributed by atoms with Crippen LogP contribution in [0.4, 0.5) is 5.69 Å². The van der Waals surface area contributed by atoms with Gasteiger partial charge in [0.15, 0.2) is 0 Å². The Labute approximate surface area is 118 Å². The molecule has 0 saturated carbocycles. The lowest BCUT2D eigenvalue weighted by Gasteiger charge is -2.06. The van der Waals surface area contributed by atoms with E-state index in [1.165, 1.54) is 17.8 Å². The van der Waals surface area contributed by atoms with Crippen LogP contribution < -0.4 is 0 Å². The fourth-order valence-corrected chi connectivity index (χ4v) is 2.23. The molecule has 3 aromatic rings. The summed E-state index contributed by atoms with van der Waals surface area (Å²) in [5.74, 6) is 0.112. The number of benzene rings is 1. The van der Waals surface area contributed by atoms with Crippen molar-refractivity contribution in [2.45, 2.75) is 6.92 Å². The summed E-state index contributed by atoms with van der Waals surface area (Å²) in [6.45, 7) is 1.52. The molecule has 0 saturated heterocycles. The molecule has 0 atom stereocenters. The van der Waals surface area contributed by atoms with E-state index in [1.54, 1.807) is 6.07 Å². The molecule has 0 radical (unpaired) electrons. The van der Waals surface area contributed by atoms with Crippen LogP contribution in [0.25, 0.3) is 16.9 Å². The number of para-hydroxylation sites is 2. The minimum absolute atomic E-state index is 0.0409. The molecular formula is C12H8ClN5O2.